The summed E-state index contributed by atoms with van der Waals surface area (Å²) in [5.41, 5.74) is 4.46. The number of hydrogen-bond donors (Lipinski definition) is 2. The van der Waals surface area contributed by atoms with Gasteiger partial charge in [-0.25, -0.2) is 5.43 Å². The van der Waals surface area contributed by atoms with Gasteiger partial charge in [0.15, 0.2) is 0 Å². The zero-order chi connectivity index (χ0) is 15.2. The Labute approximate surface area is 121 Å². The van der Waals surface area contributed by atoms with E-state index in [9.17, 15) is 8.78 Å². The Balaban J connectivity index is 2.16. The molecule has 21 heavy (non-hydrogen) atoms. The number of hydrazine groups is 1. The molecule has 114 valence electrons. The number of nitrogens with two attached hydrogens (primary N) is 1. The first-order chi connectivity index (χ1) is 10.1. The second kappa shape index (κ2) is 7.14. The van der Waals surface area contributed by atoms with E-state index in [4.69, 9.17) is 5.84 Å². The van der Waals surface area contributed by atoms with E-state index in [2.05, 4.69) is 22.2 Å². The van der Waals surface area contributed by atoms with Gasteiger partial charge in [-0.05, 0) is 24.1 Å². The number of nitrogens with one attached hydrogen (secondary N) is 1. The van der Waals surface area contributed by atoms with Crippen molar-refractivity contribution in [2.24, 2.45) is 5.84 Å². The first-order valence-electron chi connectivity index (χ1n) is 6.67. The number of alkyl halides is 2. The van der Waals surface area contributed by atoms with Gasteiger partial charge >= 0.3 is 6.61 Å². The lowest BCUT2D eigenvalue weighted by atomic mass is 10.0. The van der Waals surface area contributed by atoms with Crippen LogP contribution < -0.4 is 16.0 Å². The van der Waals surface area contributed by atoms with E-state index < -0.39 is 6.61 Å². The smallest absolute Gasteiger partial charge is 0.387 e. The molecule has 5 nitrogen and oxygen atoms in total. The average Bonchev–Trinajstić information content (AvgIpc) is 2.90. The van der Waals surface area contributed by atoms with Crippen molar-refractivity contribution < 1.29 is 13.5 Å². The van der Waals surface area contributed by atoms with E-state index in [1.165, 1.54) is 12.1 Å². The van der Waals surface area contributed by atoms with E-state index in [-0.39, 0.29) is 11.8 Å². The number of halogens is 2. The highest BCUT2D eigenvalue weighted by Gasteiger charge is 2.15. The van der Waals surface area contributed by atoms with Crippen LogP contribution in [0.2, 0.25) is 0 Å². The molecular weight excluding hydrogens is 278 g/mol. The number of benzene rings is 1. The third-order valence-electron chi connectivity index (χ3n) is 3.04. The molecule has 1 unspecified atom stereocenters. The molecule has 7 heteroatoms. The minimum atomic E-state index is -2.83. The fourth-order valence-electron chi connectivity index (χ4n) is 2.11. The summed E-state index contributed by atoms with van der Waals surface area (Å²) in [6.45, 7) is 0.0757. The molecule has 0 radical (unpaired) electrons. The third-order valence-corrected chi connectivity index (χ3v) is 3.04. The van der Waals surface area contributed by atoms with Gasteiger partial charge in [0.25, 0.3) is 0 Å². The van der Waals surface area contributed by atoms with Gasteiger partial charge in [0.05, 0.1) is 12.2 Å². The van der Waals surface area contributed by atoms with Gasteiger partial charge < -0.3 is 4.74 Å². The van der Waals surface area contributed by atoms with Crippen LogP contribution in [0.4, 0.5) is 8.78 Å². The first-order valence-corrected chi connectivity index (χ1v) is 6.67. The van der Waals surface area contributed by atoms with Crippen molar-refractivity contribution in [2.45, 2.75) is 32.5 Å². The standard InChI is InChI=1S/C14H18F2N4O/c1-2-7-20-9-11(8-18-20)13(19-17)10-3-5-12(6-4-10)21-14(15)16/h3-6,8-9,13-14,19H,2,7,17H2,1H3. The van der Waals surface area contributed by atoms with Crippen LogP contribution in [0.15, 0.2) is 36.7 Å². The van der Waals surface area contributed by atoms with Crippen LogP contribution in [0.25, 0.3) is 0 Å². The van der Waals surface area contributed by atoms with Crippen LogP contribution in [-0.4, -0.2) is 16.4 Å². The van der Waals surface area contributed by atoms with Crippen LogP contribution in [0, 0.1) is 0 Å². The fraction of sp³-hybridized carbons (Fsp3) is 0.357. The summed E-state index contributed by atoms with van der Waals surface area (Å²) in [7, 11) is 0. The van der Waals surface area contributed by atoms with Gasteiger partial charge in [-0.15, -0.1) is 0 Å². The number of rotatable bonds is 7. The van der Waals surface area contributed by atoms with E-state index in [0.29, 0.717) is 0 Å². The van der Waals surface area contributed by atoms with Crippen molar-refractivity contribution >= 4 is 0 Å². The Bertz CT molecular complexity index is 556. The molecule has 0 aliphatic heterocycles. The molecule has 0 spiro atoms. The van der Waals surface area contributed by atoms with Crippen LogP contribution >= 0.6 is 0 Å². The van der Waals surface area contributed by atoms with Crippen LogP contribution in [-0.2, 0) is 6.54 Å². The summed E-state index contributed by atoms with van der Waals surface area (Å²) in [6, 6.07) is 6.11. The van der Waals surface area contributed by atoms with Gasteiger partial charge in [0.1, 0.15) is 5.75 Å². The molecule has 1 aromatic heterocycles. The monoisotopic (exact) mass is 296 g/mol. The van der Waals surface area contributed by atoms with Gasteiger partial charge in [0.2, 0.25) is 0 Å². The maximum atomic E-state index is 12.1. The molecular formula is C14H18F2N4O. The lowest BCUT2D eigenvalue weighted by molar-refractivity contribution is -0.0498. The van der Waals surface area contributed by atoms with Crippen molar-refractivity contribution in [1.29, 1.82) is 0 Å². The van der Waals surface area contributed by atoms with Gasteiger partial charge in [-0.3, -0.25) is 10.5 Å². The largest absolute Gasteiger partial charge is 0.435 e. The third kappa shape index (κ3) is 3.99. The van der Waals surface area contributed by atoms with Crippen molar-refractivity contribution in [3.8, 4) is 5.75 Å². The van der Waals surface area contributed by atoms with Crippen molar-refractivity contribution in [2.75, 3.05) is 0 Å². The van der Waals surface area contributed by atoms with E-state index >= 15 is 0 Å². The molecule has 0 saturated carbocycles. The number of aromatic nitrogens is 2. The molecule has 0 amide bonds. The maximum absolute atomic E-state index is 12.1. The lowest BCUT2D eigenvalue weighted by Gasteiger charge is -2.15. The Morgan fingerprint density at radius 2 is 2.00 bits per heavy atom. The predicted molar refractivity (Wildman–Crippen MR) is 74.8 cm³/mol. The van der Waals surface area contributed by atoms with Crippen molar-refractivity contribution in [3.05, 3.63) is 47.8 Å². The van der Waals surface area contributed by atoms with Gasteiger partial charge in [0, 0.05) is 18.3 Å². The summed E-state index contributed by atoms with van der Waals surface area (Å²) in [4.78, 5) is 0. The summed E-state index contributed by atoms with van der Waals surface area (Å²) in [6.07, 6.45) is 4.64. The summed E-state index contributed by atoms with van der Waals surface area (Å²) >= 11 is 0. The number of hydrogen-bond acceptors (Lipinski definition) is 4. The first kappa shape index (κ1) is 15.4. The zero-order valence-electron chi connectivity index (χ0n) is 11.7. The topological polar surface area (TPSA) is 65.1 Å². The molecule has 3 N–H and O–H groups in total. The molecule has 2 aromatic rings. The highest BCUT2D eigenvalue weighted by atomic mass is 19.3. The average molecular weight is 296 g/mol. The lowest BCUT2D eigenvalue weighted by Crippen LogP contribution is -2.28. The molecule has 1 atom stereocenters. The number of aryl methyl sites for hydroxylation is 1. The molecule has 1 aromatic carbocycles. The van der Waals surface area contributed by atoms with E-state index in [0.717, 1.165) is 24.1 Å². The summed E-state index contributed by atoms with van der Waals surface area (Å²) in [5, 5.41) is 4.25. The minimum Gasteiger partial charge on any atom is -0.435 e. The Morgan fingerprint density at radius 3 is 2.57 bits per heavy atom. The summed E-state index contributed by atoms with van der Waals surface area (Å²) in [5.74, 6) is 5.72. The molecule has 1 heterocycles. The Kier molecular flexibility index (Phi) is 5.24. The number of ether oxygens (including phenoxy) is 1. The van der Waals surface area contributed by atoms with E-state index in [1.54, 1.807) is 18.3 Å². The van der Waals surface area contributed by atoms with Crippen molar-refractivity contribution in [1.82, 2.24) is 15.2 Å². The second-order valence-corrected chi connectivity index (χ2v) is 4.58. The van der Waals surface area contributed by atoms with Gasteiger partial charge in [-0.1, -0.05) is 19.1 Å². The minimum absolute atomic E-state index is 0.117. The second-order valence-electron chi connectivity index (χ2n) is 4.58. The molecule has 0 saturated heterocycles. The molecule has 0 aliphatic carbocycles. The van der Waals surface area contributed by atoms with Crippen LogP contribution in [0.3, 0.4) is 0 Å². The van der Waals surface area contributed by atoms with Crippen LogP contribution in [0.1, 0.15) is 30.5 Å². The molecule has 0 fully saturated rings. The van der Waals surface area contributed by atoms with E-state index in [1.807, 2.05) is 10.9 Å². The quantitative estimate of drug-likeness (QED) is 0.608. The molecule has 0 aliphatic rings. The number of nitrogens with zero attached hydrogens (tertiary/aromatic N) is 2. The zero-order valence-corrected chi connectivity index (χ0v) is 11.7. The highest BCUT2D eigenvalue weighted by molar-refractivity contribution is 5.34. The maximum Gasteiger partial charge on any atom is 0.387 e. The van der Waals surface area contributed by atoms with Crippen LogP contribution in [0.5, 0.6) is 5.75 Å². The van der Waals surface area contributed by atoms with Crippen molar-refractivity contribution in [3.63, 3.8) is 0 Å². The predicted octanol–water partition coefficient (Wildman–Crippen LogP) is 2.45. The Hall–Kier alpha value is -1.99. The highest BCUT2D eigenvalue weighted by Crippen LogP contribution is 2.24. The van der Waals surface area contributed by atoms with Gasteiger partial charge in [-0.2, -0.15) is 13.9 Å². The normalized spacial score (nSPS) is 12.6. The summed E-state index contributed by atoms with van der Waals surface area (Å²) < 4.78 is 30.4. The molecule has 2 rings (SSSR count). The molecule has 0 bridgehead atoms. The SMILES string of the molecule is CCCn1cc(C(NN)c2ccc(OC(F)F)cc2)cn1. The Morgan fingerprint density at radius 1 is 1.29 bits per heavy atom. The fourth-order valence-corrected chi connectivity index (χ4v) is 2.11.